The van der Waals surface area contributed by atoms with Crippen molar-refractivity contribution < 1.29 is 14.6 Å². The lowest BCUT2D eigenvalue weighted by Crippen LogP contribution is -2.38. The first-order valence-electron chi connectivity index (χ1n) is 4.27. The Morgan fingerprint density at radius 1 is 1.69 bits per heavy atom. The standard InChI is InChI=1S/C8H18N2O3/c1-6(5-11)10-8(12)3-7(4-9)13-2/h6-7,11H,3-5,9H2,1-2H3,(H,10,12)/t6-,7?/m1/s1. The van der Waals surface area contributed by atoms with Crippen LogP contribution in [0.4, 0.5) is 0 Å². The molecule has 0 bridgehead atoms. The van der Waals surface area contributed by atoms with Gasteiger partial charge >= 0.3 is 0 Å². The fourth-order valence-corrected chi connectivity index (χ4v) is 0.849. The molecule has 0 aromatic heterocycles. The third-order valence-corrected chi connectivity index (χ3v) is 1.69. The number of carbonyl (C=O) groups excluding carboxylic acids is 1. The molecule has 0 aromatic rings. The van der Waals surface area contributed by atoms with Crippen LogP contribution in [-0.4, -0.2) is 43.4 Å². The highest BCUT2D eigenvalue weighted by molar-refractivity contribution is 5.76. The fourth-order valence-electron chi connectivity index (χ4n) is 0.849. The van der Waals surface area contributed by atoms with E-state index in [4.69, 9.17) is 15.6 Å². The third-order valence-electron chi connectivity index (χ3n) is 1.69. The minimum atomic E-state index is -0.245. The minimum Gasteiger partial charge on any atom is -0.394 e. The van der Waals surface area contributed by atoms with Gasteiger partial charge in [-0.1, -0.05) is 0 Å². The molecule has 13 heavy (non-hydrogen) atoms. The average Bonchev–Trinajstić information content (AvgIpc) is 2.13. The highest BCUT2D eigenvalue weighted by atomic mass is 16.5. The minimum absolute atomic E-state index is 0.0635. The molecule has 0 radical (unpaired) electrons. The number of aliphatic hydroxyl groups is 1. The largest absolute Gasteiger partial charge is 0.394 e. The van der Waals surface area contributed by atoms with Gasteiger partial charge in [-0.15, -0.1) is 0 Å². The van der Waals surface area contributed by atoms with E-state index in [0.717, 1.165) is 0 Å². The molecular formula is C8H18N2O3. The number of nitrogens with two attached hydrogens (primary N) is 1. The summed E-state index contributed by atoms with van der Waals surface area (Å²) in [6, 6.07) is -0.220. The molecule has 0 aromatic carbocycles. The first kappa shape index (κ1) is 12.3. The number of hydrogen-bond donors (Lipinski definition) is 3. The lowest BCUT2D eigenvalue weighted by atomic mass is 10.2. The van der Waals surface area contributed by atoms with Gasteiger partial charge in [-0.2, -0.15) is 0 Å². The molecule has 2 atom stereocenters. The van der Waals surface area contributed by atoms with E-state index in [2.05, 4.69) is 5.32 Å². The summed E-state index contributed by atoms with van der Waals surface area (Å²) >= 11 is 0. The van der Waals surface area contributed by atoms with Crippen LogP contribution in [0.3, 0.4) is 0 Å². The maximum absolute atomic E-state index is 11.2. The second-order valence-corrected chi connectivity index (χ2v) is 2.95. The molecule has 78 valence electrons. The molecule has 5 heteroatoms. The molecule has 0 spiro atoms. The molecule has 0 fully saturated rings. The molecule has 0 rings (SSSR count). The van der Waals surface area contributed by atoms with Gasteiger partial charge in [0.25, 0.3) is 0 Å². The number of methoxy groups -OCH3 is 1. The van der Waals surface area contributed by atoms with E-state index >= 15 is 0 Å². The second kappa shape index (κ2) is 6.82. The van der Waals surface area contributed by atoms with E-state index < -0.39 is 0 Å². The summed E-state index contributed by atoms with van der Waals surface area (Å²) in [7, 11) is 1.51. The van der Waals surface area contributed by atoms with E-state index in [1.165, 1.54) is 7.11 Å². The Balaban J connectivity index is 3.72. The van der Waals surface area contributed by atoms with Gasteiger partial charge in [0.15, 0.2) is 0 Å². The summed E-state index contributed by atoms with van der Waals surface area (Å²) in [5.41, 5.74) is 5.34. The van der Waals surface area contributed by atoms with E-state index in [1.807, 2.05) is 0 Å². The van der Waals surface area contributed by atoms with Crippen LogP contribution in [0, 0.1) is 0 Å². The summed E-state index contributed by atoms with van der Waals surface area (Å²) in [5.74, 6) is -0.154. The summed E-state index contributed by atoms with van der Waals surface area (Å²) < 4.78 is 4.94. The molecule has 0 saturated heterocycles. The number of carbonyl (C=O) groups is 1. The summed E-state index contributed by atoms with van der Waals surface area (Å²) in [4.78, 5) is 11.2. The van der Waals surface area contributed by atoms with E-state index in [0.29, 0.717) is 6.54 Å². The molecule has 1 amide bonds. The van der Waals surface area contributed by atoms with Crippen LogP contribution in [0.5, 0.6) is 0 Å². The molecule has 0 aliphatic rings. The lowest BCUT2D eigenvalue weighted by Gasteiger charge is -2.15. The topological polar surface area (TPSA) is 84.6 Å². The zero-order valence-corrected chi connectivity index (χ0v) is 8.12. The lowest BCUT2D eigenvalue weighted by molar-refractivity contribution is -0.124. The monoisotopic (exact) mass is 190 g/mol. The van der Waals surface area contributed by atoms with Gasteiger partial charge in [0, 0.05) is 19.7 Å². The van der Waals surface area contributed by atoms with Crippen LogP contribution in [0.1, 0.15) is 13.3 Å². The van der Waals surface area contributed by atoms with Crippen molar-refractivity contribution in [3.05, 3.63) is 0 Å². The average molecular weight is 190 g/mol. The van der Waals surface area contributed by atoms with Gasteiger partial charge < -0.3 is 20.9 Å². The van der Waals surface area contributed by atoms with Gasteiger partial charge in [-0.3, -0.25) is 4.79 Å². The Morgan fingerprint density at radius 3 is 2.69 bits per heavy atom. The Morgan fingerprint density at radius 2 is 2.31 bits per heavy atom. The number of amides is 1. The first-order chi connectivity index (χ1) is 6.13. The van der Waals surface area contributed by atoms with Crippen LogP contribution in [0.2, 0.25) is 0 Å². The second-order valence-electron chi connectivity index (χ2n) is 2.95. The van der Waals surface area contributed by atoms with Crippen molar-refractivity contribution in [2.75, 3.05) is 20.3 Å². The van der Waals surface area contributed by atoms with Gasteiger partial charge in [-0.25, -0.2) is 0 Å². The zero-order chi connectivity index (χ0) is 10.3. The van der Waals surface area contributed by atoms with Gasteiger partial charge in [0.1, 0.15) is 0 Å². The quantitative estimate of drug-likeness (QED) is 0.493. The SMILES string of the molecule is COC(CN)CC(=O)N[C@H](C)CO. The van der Waals surface area contributed by atoms with Crippen LogP contribution in [0.15, 0.2) is 0 Å². The number of ether oxygens (including phenoxy) is 1. The molecule has 1 unspecified atom stereocenters. The van der Waals surface area contributed by atoms with Crippen LogP contribution in [-0.2, 0) is 9.53 Å². The molecule has 0 heterocycles. The Kier molecular flexibility index (Phi) is 6.48. The van der Waals surface area contributed by atoms with Crippen molar-refractivity contribution in [3.8, 4) is 0 Å². The Hall–Kier alpha value is -0.650. The molecular weight excluding hydrogens is 172 g/mol. The highest BCUT2D eigenvalue weighted by Crippen LogP contribution is 1.94. The molecule has 5 nitrogen and oxygen atoms in total. The maximum Gasteiger partial charge on any atom is 0.222 e. The third kappa shape index (κ3) is 5.57. The smallest absolute Gasteiger partial charge is 0.222 e. The van der Waals surface area contributed by atoms with Gasteiger partial charge in [-0.05, 0) is 6.92 Å². The number of hydrogen-bond acceptors (Lipinski definition) is 4. The van der Waals surface area contributed by atoms with Crippen molar-refractivity contribution in [2.24, 2.45) is 5.73 Å². The normalized spacial score (nSPS) is 15.1. The van der Waals surface area contributed by atoms with Crippen molar-refractivity contribution in [1.29, 1.82) is 0 Å². The Labute approximate surface area is 78.3 Å². The summed E-state index contributed by atoms with van der Waals surface area (Å²) in [6.45, 7) is 1.98. The maximum atomic E-state index is 11.2. The van der Waals surface area contributed by atoms with Gasteiger partial charge in [0.2, 0.25) is 5.91 Å². The fraction of sp³-hybridized carbons (Fsp3) is 0.875. The van der Waals surface area contributed by atoms with Crippen molar-refractivity contribution in [3.63, 3.8) is 0 Å². The number of nitrogens with one attached hydrogen (secondary N) is 1. The Bertz CT molecular complexity index is 148. The first-order valence-corrected chi connectivity index (χ1v) is 4.27. The van der Waals surface area contributed by atoms with Crippen LogP contribution < -0.4 is 11.1 Å². The zero-order valence-electron chi connectivity index (χ0n) is 8.12. The molecule has 0 saturated carbocycles. The predicted octanol–water partition coefficient (Wildman–Crippen LogP) is -1.15. The van der Waals surface area contributed by atoms with Crippen molar-refractivity contribution >= 4 is 5.91 Å². The molecule has 4 N–H and O–H groups in total. The van der Waals surface area contributed by atoms with Crippen molar-refractivity contribution in [2.45, 2.75) is 25.5 Å². The number of rotatable bonds is 6. The van der Waals surface area contributed by atoms with Crippen molar-refractivity contribution in [1.82, 2.24) is 5.32 Å². The number of aliphatic hydroxyl groups excluding tert-OH is 1. The predicted molar refractivity (Wildman–Crippen MR) is 49.2 cm³/mol. The van der Waals surface area contributed by atoms with E-state index in [9.17, 15) is 4.79 Å². The summed E-state index contributed by atoms with van der Waals surface area (Å²) in [5, 5.41) is 11.3. The molecule has 0 aliphatic carbocycles. The molecule has 0 aliphatic heterocycles. The van der Waals surface area contributed by atoms with Crippen LogP contribution in [0.25, 0.3) is 0 Å². The van der Waals surface area contributed by atoms with E-state index in [1.54, 1.807) is 6.92 Å². The van der Waals surface area contributed by atoms with E-state index in [-0.39, 0.29) is 31.1 Å². The summed E-state index contributed by atoms with van der Waals surface area (Å²) in [6.07, 6.45) is -0.0111. The van der Waals surface area contributed by atoms with Crippen LogP contribution >= 0.6 is 0 Å². The highest BCUT2D eigenvalue weighted by Gasteiger charge is 2.12. The van der Waals surface area contributed by atoms with Gasteiger partial charge in [0.05, 0.1) is 19.1 Å².